The van der Waals surface area contributed by atoms with Gasteiger partial charge in [0.25, 0.3) is 5.91 Å². The van der Waals surface area contributed by atoms with Gasteiger partial charge in [-0.25, -0.2) is 0 Å². The van der Waals surface area contributed by atoms with Gasteiger partial charge in [0, 0.05) is 13.1 Å². The van der Waals surface area contributed by atoms with Crippen molar-refractivity contribution in [2.24, 2.45) is 11.7 Å². The molecule has 102 valence electrons. The monoisotopic (exact) mass is 283 g/mol. The molecule has 2 N–H and O–H groups in total. The van der Waals surface area contributed by atoms with Gasteiger partial charge in [0.2, 0.25) is 0 Å². The molecule has 0 aliphatic carbocycles. The standard InChI is InChI=1S/C12H14ClN3O3/c13-10-3-1-2-9(11(10)16(18)19)12(17)15-5-4-8(6-14)7-15/h1-3,8H,4-7,14H2. The van der Waals surface area contributed by atoms with E-state index in [1.165, 1.54) is 12.1 Å². The third-order valence-electron chi connectivity index (χ3n) is 3.31. The van der Waals surface area contributed by atoms with E-state index in [9.17, 15) is 14.9 Å². The molecular weight excluding hydrogens is 270 g/mol. The molecule has 1 fully saturated rings. The molecule has 1 unspecified atom stereocenters. The number of nitro benzene ring substituents is 1. The number of nitro groups is 1. The molecule has 19 heavy (non-hydrogen) atoms. The van der Waals surface area contributed by atoms with Gasteiger partial charge in [0.05, 0.1) is 4.92 Å². The fourth-order valence-electron chi connectivity index (χ4n) is 2.25. The number of hydrogen-bond acceptors (Lipinski definition) is 4. The average molecular weight is 284 g/mol. The van der Waals surface area contributed by atoms with Crippen molar-refractivity contribution in [3.8, 4) is 0 Å². The molecule has 7 heteroatoms. The van der Waals surface area contributed by atoms with Crippen LogP contribution in [0.5, 0.6) is 0 Å². The zero-order valence-corrected chi connectivity index (χ0v) is 11.0. The van der Waals surface area contributed by atoms with Crippen LogP contribution in [0.25, 0.3) is 0 Å². The van der Waals surface area contributed by atoms with E-state index < -0.39 is 4.92 Å². The number of para-hydroxylation sites is 1. The van der Waals surface area contributed by atoms with Crippen LogP contribution in [-0.2, 0) is 0 Å². The number of nitrogens with two attached hydrogens (primary N) is 1. The lowest BCUT2D eigenvalue weighted by Gasteiger charge is -2.16. The van der Waals surface area contributed by atoms with E-state index in [-0.39, 0.29) is 28.1 Å². The van der Waals surface area contributed by atoms with E-state index in [0.29, 0.717) is 19.6 Å². The highest BCUT2D eigenvalue weighted by Crippen LogP contribution is 2.30. The highest BCUT2D eigenvalue weighted by atomic mass is 35.5. The van der Waals surface area contributed by atoms with Gasteiger partial charge >= 0.3 is 5.69 Å². The SMILES string of the molecule is NCC1CCN(C(=O)c2cccc(Cl)c2[N+](=O)[O-])C1. The number of carbonyl (C=O) groups is 1. The number of likely N-dealkylation sites (tertiary alicyclic amines) is 1. The molecule has 1 aromatic rings. The second-order valence-electron chi connectivity index (χ2n) is 4.53. The summed E-state index contributed by atoms with van der Waals surface area (Å²) < 4.78 is 0. The van der Waals surface area contributed by atoms with Crippen LogP contribution < -0.4 is 5.73 Å². The van der Waals surface area contributed by atoms with Crippen LogP contribution in [0, 0.1) is 16.0 Å². The first kappa shape index (κ1) is 13.8. The minimum atomic E-state index is -0.619. The lowest BCUT2D eigenvalue weighted by Crippen LogP contribution is -2.30. The maximum atomic E-state index is 12.3. The molecule has 0 bridgehead atoms. The van der Waals surface area contributed by atoms with Crippen LogP contribution in [0.2, 0.25) is 5.02 Å². The number of halogens is 1. The average Bonchev–Trinajstić information content (AvgIpc) is 2.85. The van der Waals surface area contributed by atoms with Gasteiger partial charge in [0.1, 0.15) is 10.6 Å². The van der Waals surface area contributed by atoms with Gasteiger partial charge in [0.15, 0.2) is 0 Å². The van der Waals surface area contributed by atoms with Crippen LogP contribution in [0.3, 0.4) is 0 Å². The van der Waals surface area contributed by atoms with Crippen molar-refractivity contribution in [1.29, 1.82) is 0 Å². The van der Waals surface area contributed by atoms with E-state index in [0.717, 1.165) is 6.42 Å². The first-order valence-electron chi connectivity index (χ1n) is 5.96. The van der Waals surface area contributed by atoms with E-state index >= 15 is 0 Å². The summed E-state index contributed by atoms with van der Waals surface area (Å²) in [4.78, 5) is 24.3. The number of carbonyl (C=O) groups excluding carboxylic acids is 1. The molecule has 1 aromatic carbocycles. The summed E-state index contributed by atoms with van der Waals surface area (Å²) >= 11 is 5.80. The maximum Gasteiger partial charge on any atom is 0.300 e. The Morgan fingerprint density at radius 2 is 2.32 bits per heavy atom. The fraction of sp³-hybridized carbons (Fsp3) is 0.417. The molecule has 0 saturated carbocycles. The molecule has 1 saturated heterocycles. The van der Waals surface area contributed by atoms with Crippen molar-refractivity contribution in [3.05, 3.63) is 38.9 Å². The molecule has 1 amide bonds. The topological polar surface area (TPSA) is 89.5 Å². The number of amides is 1. The van der Waals surface area contributed by atoms with Crippen molar-refractivity contribution in [3.63, 3.8) is 0 Å². The minimum absolute atomic E-state index is 0.0228. The Morgan fingerprint density at radius 1 is 1.58 bits per heavy atom. The Labute approximate surface area is 115 Å². The smallest absolute Gasteiger partial charge is 0.300 e. The predicted molar refractivity (Wildman–Crippen MR) is 71.2 cm³/mol. The summed E-state index contributed by atoms with van der Waals surface area (Å²) in [6.45, 7) is 1.63. The normalized spacial score (nSPS) is 18.6. The maximum absolute atomic E-state index is 12.3. The summed E-state index contributed by atoms with van der Waals surface area (Å²) in [6, 6.07) is 4.38. The highest BCUT2D eigenvalue weighted by molar-refractivity contribution is 6.33. The van der Waals surface area contributed by atoms with Gasteiger partial charge in [-0.2, -0.15) is 0 Å². The Hall–Kier alpha value is -1.66. The molecule has 6 nitrogen and oxygen atoms in total. The fourth-order valence-corrected chi connectivity index (χ4v) is 2.50. The quantitative estimate of drug-likeness (QED) is 0.675. The van der Waals surface area contributed by atoms with Gasteiger partial charge < -0.3 is 10.6 Å². The molecule has 1 atom stereocenters. The predicted octanol–water partition coefficient (Wildman–Crippen LogP) is 1.67. The second kappa shape index (κ2) is 5.54. The van der Waals surface area contributed by atoms with Crippen LogP contribution in [0.1, 0.15) is 16.8 Å². The van der Waals surface area contributed by atoms with Crippen molar-refractivity contribution in [2.45, 2.75) is 6.42 Å². The minimum Gasteiger partial charge on any atom is -0.338 e. The van der Waals surface area contributed by atoms with Gasteiger partial charge in [-0.05, 0) is 31.0 Å². The molecule has 1 aliphatic heterocycles. The van der Waals surface area contributed by atoms with Gasteiger partial charge in [-0.15, -0.1) is 0 Å². The molecule has 2 rings (SSSR count). The Balaban J connectivity index is 2.30. The zero-order chi connectivity index (χ0) is 14.0. The van der Waals surface area contributed by atoms with E-state index in [2.05, 4.69) is 0 Å². The van der Waals surface area contributed by atoms with Crippen molar-refractivity contribution < 1.29 is 9.72 Å². The molecule has 0 aromatic heterocycles. The molecule has 0 radical (unpaired) electrons. The zero-order valence-electron chi connectivity index (χ0n) is 10.2. The summed E-state index contributed by atoms with van der Waals surface area (Å²) in [5.74, 6) is -0.0904. The molecule has 1 heterocycles. The van der Waals surface area contributed by atoms with Crippen molar-refractivity contribution in [1.82, 2.24) is 4.90 Å². The van der Waals surface area contributed by atoms with Crippen LogP contribution in [0.15, 0.2) is 18.2 Å². The first-order valence-corrected chi connectivity index (χ1v) is 6.34. The summed E-state index contributed by atoms with van der Waals surface area (Å²) in [5, 5.41) is 11.0. The highest BCUT2D eigenvalue weighted by Gasteiger charge is 2.31. The summed E-state index contributed by atoms with van der Waals surface area (Å²) in [7, 11) is 0. The Kier molecular flexibility index (Phi) is 4.01. The van der Waals surface area contributed by atoms with E-state index in [1.54, 1.807) is 11.0 Å². The van der Waals surface area contributed by atoms with Crippen LogP contribution in [-0.4, -0.2) is 35.4 Å². The number of hydrogen-bond donors (Lipinski definition) is 1. The number of benzene rings is 1. The molecule has 0 spiro atoms. The Bertz CT molecular complexity index is 521. The second-order valence-corrected chi connectivity index (χ2v) is 4.94. The summed E-state index contributed by atoms with van der Waals surface area (Å²) in [6.07, 6.45) is 0.830. The van der Waals surface area contributed by atoms with E-state index in [1.807, 2.05) is 0 Å². The molecular formula is C12H14ClN3O3. The summed E-state index contributed by atoms with van der Waals surface area (Å²) in [5.41, 5.74) is 5.28. The molecule has 1 aliphatic rings. The van der Waals surface area contributed by atoms with Gasteiger partial charge in [-0.3, -0.25) is 14.9 Å². The number of rotatable bonds is 3. The lowest BCUT2D eigenvalue weighted by molar-refractivity contribution is -0.385. The Morgan fingerprint density at radius 3 is 2.89 bits per heavy atom. The largest absolute Gasteiger partial charge is 0.338 e. The van der Waals surface area contributed by atoms with Crippen LogP contribution >= 0.6 is 11.6 Å². The van der Waals surface area contributed by atoms with Gasteiger partial charge in [-0.1, -0.05) is 17.7 Å². The third kappa shape index (κ3) is 2.69. The lowest BCUT2D eigenvalue weighted by atomic mass is 10.1. The van der Waals surface area contributed by atoms with Crippen molar-refractivity contribution in [2.75, 3.05) is 19.6 Å². The first-order chi connectivity index (χ1) is 9.04. The number of nitrogens with zero attached hydrogens (tertiary/aromatic N) is 2. The third-order valence-corrected chi connectivity index (χ3v) is 3.61. The van der Waals surface area contributed by atoms with Crippen molar-refractivity contribution >= 4 is 23.2 Å². The van der Waals surface area contributed by atoms with Crippen LogP contribution in [0.4, 0.5) is 5.69 Å². The van der Waals surface area contributed by atoms with E-state index in [4.69, 9.17) is 17.3 Å².